The first-order valence-electron chi connectivity index (χ1n) is 5.09. The fraction of sp³-hybridized carbons (Fsp3) is 0.0769. The monoisotopic (exact) mass is 402 g/mol. The zero-order chi connectivity index (χ0) is 12.3. The lowest BCUT2D eigenvalue weighted by molar-refractivity contribution is -0.694. The third-order valence-electron chi connectivity index (χ3n) is 2.37. The molecular weight excluding hydrogens is 393 g/mol. The van der Waals surface area contributed by atoms with Crippen LogP contribution in [0.3, 0.4) is 0 Å². The summed E-state index contributed by atoms with van der Waals surface area (Å²) >= 11 is 5.64. The standard InChI is InChI=1S/C13H10BrINO/c14-13-3-1-2-8-16(13)9-12(17)10-4-6-11(15)7-5-10/h1-8H,9H2/q+1. The number of halogens is 2. The molecule has 0 bridgehead atoms. The van der Waals surface area contributed by atoms with Crippen LogP contribution in [0.5, 0.6) is 0 Å². The number of pyridine rings is 1. The predicted molar refractivity (Wildman–Crippen MR) is 77.8 cm³/mol. The van der Waals surface area contributed by atoms with E-state index in [-0.39, 0.29) is 5.78 Å². The van der Waals surface area contributed by atoms with Crippen LogP contribution in [0.25, 0.3) is 0 Å². The van der Waals surface area contributed by atoms with Crippen LogP contribution in [-0.2, 0) is 6.54 Å². The summed E-state index contributed by atoms with van der Waals surface area (Å²) in [6, 6.07) is 13.4. The van der Waals surface area contributed by atoms with Crippen LogP contribution >= 0.6 is 38.5 Å². The minimum Gasteiger partial charge on any atom is -0.287 e. The predicted octanol–water partition coefficient (Wildman–Crippen LogP) is 3.22. The number of nitrogens with zero attached hydrogens (tertiary/aromatic N) is 1. The molecule has 1 aromatic carbocycles. The Morgan fingerprint density at radius 3 is 2.53 bits per heavy atom. The van der Waals surface area contributed by atoms with Gasteiger partial charge in [-0.3, -0.25) is 4.79 Å². The molecular formula is C13H10BrINO+. The summed E-state index contributed by atoms with van der Waals surface area (Å²) in [6.45, 7) is 0.349. The SMILES string of the molecule is O=C(C[n+]1ccccc1Br)c1ccc(I)cc1. The van der Waals surface area contributed by atoms with E-state index >= 15 is 0 Å². The molecule has 0 fully saturated rings. The number of carbonyl (C=O) groups is 1. The van der Waals surface area contributed by atoms with Gasteiger partial charge in [0.15, 0.2) is 6.20 Å². The average molecular weight is 403 g/mol. The third kappa shape index (κ3) is 3.35. The quantitative estimate of drug-likeness (QED) is 0.334. The highest BCUT2D eigenvalue weighted by Crippen LogP contribution is 2.08. The molecule has 1 heterocycles. The molecule has 0 aliphatic carbocycles. The van der Waals surface area contributed by atoms with Gasteiger partial charge in [-0.05, 0) is 40.8 Å². The lowest BCUT2D eigenvalue weighted by atomic mass is 10.1. The number of hydrogen-bond acceptors (Lipinski definition) is 1. The van der Waals surface area contributed by atoms with Gasteiger partial charge in [-0.25, -0.2) is 0 Å². The summed E-state index contributed by atoms with van der Waals surface area (Å²) in [6.07, 6.45) is 1.88. The van der Waals surface area contributed by atoms with Crippen LogP contribution in [0.2, 0.25) is 0 Å². The fourth-order valence-corrected chi connectivity index (χ4v) is 2.22. The second kappa shape index (κ2) is 5.73. The summed E-state index contributed by atoms with van der Waals surface area (Å²) in [5, 5.41) is 0. The fourth-order valence-electron chi connectivity index (χ4n) is 1.47. The van der Waals surface area contributed by atoms with Gasteiger partial charge in [0.1, 0.15) is 0 Å². The van der Waals surface area contributed by atoms with E-state index in [9.17, 15) is 4.79 Å². The molecule has 17 heavy (non-hydrogen) atoms. The second-order valence-electron chi connectivity index (χ2n) is 3.58. The molecule has 4 heteroatoms. The van der Waals surface area contributed by atoms with E-state index in [2.05, 4.69) is 38.5 Å². The van der Waals surface area contributed by atoms with Crippen molar-refractivity contribution in [3.63, 3.8) is 0 Å². The molecule has 0 aliphatic heterocycles. The van der Waals surface area contributed by atoms with Gasteiger partial charge >= 0.3 is 0 Å². The normalized spacial score (nSPS) is 10.2. The Morgan fingerprint density at radius 1 is 1.18 bits per heavy atom. The van der Waals surface area contributed by atoms with E-state index in [0.717, 1.165) is 13.7 Å². The Kier molecular flexibility index (Phi) is 4.28. The van der Waals surface area contributed by atoms with Crippen LogP contribution in [0.4, 0.5) is 0 Å². The number of benzene rings is 1. The molecule has 86 valence electrons. The topological polar surface area (TPSA) is 20.9 Å². The molecule has 2 aromatic rings. The second-order valence-corrected chi connectivity index (χ2v) is 5.64. The molecule has 0 amide bonds. The molecule has 0 saturated carbocycles. The summed E-state index contributed by atoms with van der Waals surface area (Å²) in [7, 11) is 0. The lowest BCUT2D eigenvalue weighted by Crippen LogP contribution is -2.38. The lowest BCUT2D eigenvalue weighted by Gasteiger charge is -1.99. The molecule has 0 saturated heterocycles. The van der Waals surface area contributed by atoms with Crippen molar-refractivity contribution in [2.75, 3.05) is 0 Å². The van der Waals surface area contributed by atoms with Crippen molar-refractivity contribution in [3.8, 4) is 0 Å². The zero-order valence-corrected chi connectivity index (χ0v) is 12.7. The minimum absolute atomic E-state index is 0.110. The summed E-state index contributed by atoms with van der Waals surface area (Å²) in [4.78, 5) is 12.0. The van der Waals surface area contributed by atoms with Gasteiger partial charge in [-0.15, -0.1) is 0 Å². The Balaban J connectivity index is 2.17. The van der Waals surface area contributed by atoms with Crippen LogP contribution < -0.4 is 4.57 Å². The van der Waals surface area contributed by atoms with Gasteiger partial charge in [0.25, 0.3) is 0 Å². The molecule has 1 aromatic heterocycles. The first kappa shape index (κ1) is 12.7. The van der Waals surface area contributed by atoms with Crippen molar-refractivity contribution < 1.29 is 9.36 Å². The maximum absolute atomic E-state index is 12.0. The van der Waals surface area contributed by atoms with Crippen LogP contribution in [0, 0.1) is 3.57 Å². The molecule has 0 aliphatic rings. The van der Waals surface area contributed by atoms with Crippen LogP contribution in [0.15, 0.2) is 53.3 Å². The Bertz CT molecular complexity index is 539. The van der Waals surface area contributed by atoms with Crippen molar-refractivity contribution in [3.05, 3.63) is 62.4 Å². The van der Waals surface area contributed by atoms with Crippen molar-refractivity contribution in [2.45, 2.75) is 6.54 Å². The molecule has 0 radical (unpaired) electrons. The first-order valence-corrected chi connectivity index (χ1v) is 6.97. The van der Waals surface area contributed by atoms with Gasteiger partial charge in [-0.1, -0.05) is 12.1 Å². The van der Waals surface area contributed by atoms with Crippen LogP contribution in [0.1, 0.15) is 10.4 Å². The third-order valence-corrected chi connectivity index (χ3v) is 3.80. The van der Waals surface area contributed by atoms with Crippen molar-refractivity contribution in [2.24, 2.45) is 0 Å². The van der Waals surface area contributed by atoms with E-state index in [1.54, 1.807) is 0 Å². The Morgan fingerprint density at radius 2 is 1.88 bits per heavy atom. The molecule has 0 N–H and O–H groups in total. The highest BCUT2D eigenvalue weighted by Gasteiger charge is 2.14. The van der Waals surface area contributed by atoms with Crippen molar-refractivity contribution >= 4 is 44.3 Å². The summed E-state index contributed by atoms with van der Waals surface area (Å²) in [5.41, 5.74) is 0.744. The van der Waals surface area contributed by atoms with Gasteiger partial charge < -0.3 is 0 Å². The molecule has 0 atom stereocenters. The highest BCUT2D eigenvalue weighted by molar-refractivity contribution is 14.1. The smallest absolute Gasteiger partial charge is 0.248 e. The number of carbonyl (C=O) groups excluding carboxylic acids is 1. The van der Waals surface area contributed by atoms with Gasteiger partial charge in [-0.2, -0.15) is 4.57 Å². The highest BCUT2D eigenvalue weighted by atomic mass is 127. The van der Waals surface area contributed by atoms with Crippen molar-refractivity contribution in [1.29, 1.82) is 0 Å². The molecule has 0 spiro atoms. The Hall–Kier alpha value is -0.750. The molecule has 2 nitrogen and oxygen atoms in total. The van der Waals surface area contributed by atoms with Gasteiger partial charge in [0, 0.05) is 37.2 Å². The van der Waals surface area contributed by atoms with Crippen LogP contribution in [-0.4, -0.2) is 5.78 Å². The number of hydrogen-bond donors (Lipinski definition) is 0. The number of ketones is 1. The van der Waals surface area contributed by atoms with E-state index < -0.39 is 0 Å². The van der Waals surface area contributed by atoms with E-state index in [4.69, 9.17) is 0 Å². The molecule has 2 rings (SSSR count). The summed E-state index contributed by atoms with van der Waals surface area (Å²) in [5.74, 6) is 0.110. The minimum atomic E-state index is 0.110. The van der Waals surface area contributed by atoms with Gasteiger partial charge in [0.2, 0.25) is 16.9 Å². The first-order chi connectivity index (χ1) is 8.16. The maximum atomic E-state index is 12.0. The largest absolute Gasteiger partial charge is 0.287 e. The number of Topliss-reactive ketones (excluding diaryl/α,β-unsaturated/α-hetero) is 1. The number of rotatable bonds is 3. The van der Waals surface area contributed by atoms with Gasteiger partial charge in [0.05, 0.1) is 0 Å². The average Bonchev–Trinajstić information content (AvgIpc) is 2.33. The molecule has 0 unspecified atom stereocenters. The number of aromatic nitrogens is 1. The summed E-state index contributed by atoms with van der Waals surface area (Å²) < 4.78 is 3.91. The zero-order valence-electron chi connectivity index (χ0n) is 8.94. The van der Waals surface area contributed by atoms with Crippen molar-refractivity contribution in [1.82, 2.24) is 0 Å². The van der Waals surface area contributed by atoms with E-state index in [1.165, 1.54) is 0 Å². The Labute approximate surface area is 122 Å². The van der Waals surface area contributed by atoms with E-state index in [0.29, 0.717) is 6.54 Å². The van der Waals surface area contributed by atoms with E-state index in [1.807, 2.05) is 53.2 Å². The maximum Gasteiger partial charge on any atom is 0.248 e.